The summed E-state index contributed by atoms with van der Waals surface area (Å²) in [6.07, 6.45) is 1.28. The topological polar surface area (TPSA) is 161 Å². The van der Waals surface area contributed by atoms with Gasteiger partial charge in [0.1, 0.15) is 5.56 Å². The minimum atomic E-state index is -3.80. The number of benzene rings is 1. The van der Waals surface area contributed by atoms with Crippen LogP contribution in [0, 0.1) is 10.1 Å². The fourth-order valence-corrected chi connectivity index (χ4v) is 3.43. The van der Waals surface area contributed by atoms with Crippen molar-refractivity contribution in [2.24, 2.45) is 0 Å². The number of nitrogens with zero attached hydrogens (tertiary/aromatic N) is 3. The van der Waals surface area contributed by atoms with Gasteiger partial charge in [-0.25, -0.2) is 18.4 Å². The van der Waals surface area contributed by atoms with Crippen molar-refractivity contribution >= 4 is 38.9 Å². The van der Waals surface area contributed by atoms with E-state index in [0.717, 1.165) is 12.3 Å². The van der Waals surface area contributed by atoms with Crippen LogP contribution in [0.3, 0.4) is 0 Å². The summed E-state index contributed by atoms with van der Waals surface area (Å²) >= 11 is 5.83. The molecule has 0 fully saturated rings. The number of hydrogen-bond acceptors (Lipinski definition) is 8. The zero-order valence-electron chi connectivity index (χ0n) is 14.4. The van der Waals surface area contributed by atoms with E-state index in [4.69, 9.17) is 11.6 Å². The lowest BCUT2D eigenvalue weighted by molar-refractivity contribution is -0.385. The molecular formula is C15H14ClN5O6S. The zero-order chi connectivity index (χ0) is 20.9. The molecule has 0 atom stereocenters. The molecule has 11 nitrogen and oxygen atoms in total. The molecule has 0 saturated heterocycles. The maximum atomic E-state index is 12.2. The fourth-order valence-electron chi connectivity index (χ4n) is 2.08. The van der Waals surface area contributed by atoms with Crippen LogP contribution in [-0.4, -0.2) is 40.9 Å². The van der Waals surface area contributed by atoms with Crippen molar-refractivity contribution in [3.8, 4) is 0 Å². The first-order valence-corrected chi connectivity index (χ1v) is 9.79. The highest BCUT2D eigenvalue weighted by Crippen LogP contribution is 2.18. The number of carbonyl (C=O) groups is 2. The molecule has 0 spiro atoms. The van der Waals surface area contributed by atoms with Crippen LogP contribution < -0.4 is 10.9 Å². The molecule has 0 bridgehead atoms. The molecule has 2 amide bonds. The molecule has 28 heavy (non-hydrogen) atoms. The van der Waals surface area contributed by atoms with Crippen molar-refractivity contribution in [1.29, 1.82) is 0 Å². The lowest BCUT2D eigenvalue weighted by Crippen LogP contribution is -2.42. The van der Waals surface area contributed by atoms with E-state index in [1.165, 1.54) is 18.2 Å². The third-order valence-electron chi connectivity index (χ3n) is 3.32. The normalized spacial score (nSPS) is 10.9. The summed E-state index contributed by atoms with van der Waals surface area (Å²) in [5.41, 5.74) is 2.76. The van der Waals surface area contributed by atoms with Gasteiger partial charge in [0.2, 0.25) is 15.0 Å². The van der Waals surface area contributed by atoms with Crippen molar-refractivity contribution in [2.75, 3.05) is 5.75 Å². The molecule has 1 heterocycles. The molecule has 0 aliphatic heterocycles. The molecule has 2 N–H and O–H groups in total. The third-order valence-corrected chi connectivity index (χ3v) is 5.30. The number of hydrazine groups is 1. The summed E-state index contributed by atoms with van der Waals surface area (Å²) in [6.45, 7) is 1.65. The fraction of sp³-hybridized carbons (Fsp3) is 0.200. The van der Waals surface area contributed by atoms with Gasteiger partial charge >= 0.3 is 0 Å². The van der Waals surface area contributed by atoms with Crippen LogP contribution in [-0.2, 0) is 9.84 Å². The SMILES string of the molecule is CCCS(=O)(=O)c1ncc(Cl)c(C(=O)NNC(=O)c2ccccc2[N+](=O)[O-])n1. The van der Waals surface area contributed by atoms with Gasteiger partial charge in [-0.1, -0.05) is 30.7 Å². The number of aromatic nitrogens is 2. The maximum Gasteiger partial charge on any atom is 0.290 e. The third kappa shape index (κ3) is 4.78. The second-order valence-electron chi connectivity index (χ2n) is 5.35. The number of hydrogen-bond donors (Lipinski definition) is 2. The van der Waals surface area contributed by atoms with Crippen LogP contribution in [0.1, 0.15) is 34.2 Å². The number of para-hydroxylation sites is 1. The Labute approximate surface area is 164 Å². The Morgan fingerprint density at radius 3 is 2.50 bits per heavy atom. The Balaban J connectivity index is 2.20. The number of nitrogens with one attached hydrogen (secondary N) is 2. The highest BCUT2D eigenvalue weighted by molar-refractivity contribution is 7.91. The predicted molar refractivity (Wildman–Crippen MR) is 97.4 cm³/mol. The van der Waals surface area contributed by atoms with Crippen molar-refractivity contribution < 1.29 is 22.9 Å². The average molecular weight is 428 g/mol. The smallest absolute Gasteiger partial charge is 0.267 e. The summed E-state index contributed by atoms with van der Waals surface area (Å²) in [7, 11) is -3.80. The Kier molecular flexibility index (Phi) is 6.59. The van der Waals surface area contributed by atoms with Gasteiger partial charge < -0.3 is 0 Å². The Hall–Kier alpha value is -3.12. The van der Waals surface area contributed by atoms with E-state index in [0.29, 0.717) is 6.42 Å². The van der Waals surface area contributed by atoms with E-state index in [9.17, 15) is 28.1 Å². The van der Waals surface area contributed by atoms with E-state index in [-0.39, 0.29) is 16.3 Å². The molecule has 0 unspecified atom stereocenters. The maximum absolute atomic E-state index is 12.2. The summed E-state index contributed by atoms with van der Waals surface area (Å²) in [5, 5.41) is 10.1. The van der Waals surface area contributed by atoms with Crippen molar-refractivity contribution in [1.82, 2.24) is 20.8 Å². The Morgan fingerprint density at radius 1 is 1.21 bits per heavy atom. The van der Waals surface area contributed by atoms with Gasteiger partial charge in [-0.15, -0.1) is 0 Å². The Bertz CT molecular complexity index is 1040. The van der Waals surface area contributed by atoms with Crippen LogP contribution in [0.25, 0.3) is 0 Å². The molecule has 0 aliphatic rings. The molecule has 1 aromatic carbocycles. The van der Waals surface area contributed by atoms with E-state index < -0.39 is 43.1 Å². The lowest BCUT2D eigenvalue weighted by atomic mass is 10.2. The average Bonchev–Trinajstić information content (AvgIpc) is 2.65. The molecule has 148 valence electrons. The van der Waals surface area contributed by atoms with Gasteiger partial charge in [0, 0.05) is 6.07 Å². The molecule has 13 heteroatoms. The second-order valence-corrected chi connectivity index (χ2v) is 7.76. The Morgan fingerprint density at radius 2 is 1.86 bits per heavy atom. The highest BCUT2D eigenvalue weighted by atomic mass is 35.5. The quantitative estimate of drug-likeness (QED) is 0.396. The monoisotopic (exact) mass is 427 g/mol. The number of nitro groups is 1. The lowest BCUT2D eigenvalue weighted by Gasteiger charge is -2.09. The minimum Gasteiger partial charge on any atom is -0.267 e. The molecule has 1 aromatic heterocycles. The van der Waals surface area contributed by atoms with Crippen molar-refractivity contribution in [2.45, 2.75) is 18.5 Å². The van der Waals surface area contributed by atoms with Crippen LogP contribution in [0.15, 0.2) is 35.6 Å². The zero-order valence-corrected chi connectivity index (χ0v) is 16.0. The standard InChI is InChI=1S/C15H14ClN5O6S/c1-2-7-28(26,27)15-17-8-10(16)12(18-15)14(23)20-19-13(22)9-5-3-4-6-11(9)21(24)25/h3-6,8H,2,7H2,1H3,(H,19,22)(H,20,23). The summed E-state index contributed by atoms with van der Waals surface area (Å²) in [4.78, 5) is 41.8. The van der Waals surface area contributed by atoms with Crippen LogP contribution >= 0.6 is 11.6 Å². The number of nitro benzene ring substituents is 1. The predicted octanol–water partition coefficient (Wildman–Crippen LogP) is 1.30. The highest BCUT2D eigenvalue weighted by Gasteiger charge is 2.23. The minimum absolute atomic E-state index is 0.218. The van der Waals surface area contributed by atoms with E-state index in [1.54, 1.807) is 6.92 Å². The van der Waals surface area contributed by atoms with E-state index in [1.807, 2.05) is 10.9 Å². The van der Waals surface area contributed by atoms with Gasteiger partial charge in [0.25, 0.3) is 17.5 Å². The van der Waals surface area contributed by atoms with E-state index in [2.05, 4.69) is 9.97 Å². The van der Waals surface area contributed by atoms with Crippen LogP contribution in [0.2, 0.25) is 5.02 Å². The molecular weight excluding hydrogens is 414 g/mol. The number of rotatable bonds is 6. The van der Waals surface area contributed by atoms with Crippen LogP contribution in [0.4, 0.5) is 5.69 Å². The van der Waals surface area contributed by atoms with Gasteiger partial charge in [-0.3, -0.25) is 30.6 Å². The molecule has 0 radical (unpaired) electrons. The number of amides is 2. The second kappa shape index (κ2) is 8.71. The van der Waals surface area contributed by atoms with Gasteiger partial charge in [-0.05, 0) is 12.5 Å². The molecule has 0 aliphatic carbocycles. The first-order valence-electron chi connectivity index (χ1n) is 7.76. The number of carbonyl (C=O) groups excluding carboxylic acids is 2. The summed E-state index contributed by atoms with van der Waals surface area (Å²) in [5.74, 6) is -2.19. The summed E-state index contributed by atoms with van der Waals surface area (Å²) < 4.78 is 24.1. The van der Waals surface area contributed by atoms with Gasteiger partial charge in [0.15, 0.2) is 5.69 Å². The van der Waals surface area contributed by atoms with Gasteiger partial charge in [-0.2, -0.15) is 0 Å². The number of halogens is 1. The van der Waals surface area contributed by atoms with Gasteiger partial charge in [0.05, 0.1) is 21.9 Å². The van der Waals surface area contributed by atoms with E-state index >= 15 is 0 Å². The summed E-state index contributed by atoms with van der Waals surface area (Å²) in [6, 6.07) is 5.12. The first kappa shape index (κ1) is 21.2. The largest absolute Gasteiger partial charge is 0.290 e. The first-order chi connectivity index (χ1) is 13.2. The molecule has 0 saturated carbocycles. The van der Waals surface area contributed by atoms with Crippen LogP contribution in [0.5, 0.6) is 0 Å². The number of sulfone groups is 1. The molecule has 2 aromatic rings. The van der Waals surface area contributed by atoms with Crippen molar-refractivity contribution in [3.63, 3.8) is 0 Å². The molecule has 2 rings (SSSR count). The van der Waals surface area contributed by atoms with Crippen molar-refractivity contribution in [3.05, 3.63) is 56.9 Å².